The molecule has 10 nitrogen and oxygen atoms in total. The maximum absolute atomic E-state index is 13.3. The minimum atomic E-state index is -0.544. The van der Waals surface area contributed by atoms with Gasteiger partial charge in [0.25, 0.3) is 0 Å². The molecule has 1 aliphatic heterocycles. The molecule has 6 atom stereocenters. The van der Waals surface area contributed by atoms with Crippen LogP contribution in [-0.4, -0.2) is 118 Å². The summed E-state index contributed by atoms with van der Waals surface area (Å²) in [6, 6.07) is -1.09. The third-order valence-corrected chi connectivity index (χ3v) is 15.1. The Kier molecular flexibility index (Phi) is 46.3. The van der Waals surface area contributed by atoms with Crippen molar-refractivity contribution in [1.29, 1.82) is 0 Å². The Bertz CT molecular complexity index is 1010. The Labute approximate surface area is 433 Å². The quantitative estimate of drug-likeness (QED) is 0.0331. The average molecular weight is 994 g/mol. The van der Waals surface area contributed by atoms with E-state index in [2.05, 4.69) is 48.1 Å². The van der Waals surface area contributed by atoms with Crippen molar-refractivity contribution in [2.75, 3.05) is 39.3 Å². The Hall–Kier alpha value is -1.30. The topological polar surface area (TPSA) is 146 Å². The number of unbranched alkanes of at least 4 members (excludes halogenated alkanes) is 30. The number of nitrogens with zero attached hydrogens (tertiary/aromatic N) is 2. The summed E-state index contributed by atoms with van der Waals surface area (Å²) in [7, 11) is 0. The summed E-state index contributed by atoms with van der Waals surface area (Å²) >= 11 is 0. The SMILES string of the molecule is CCCCCCCCCCC(O)CN(CCCC[C@H]1NC(=O)[C@@H](CCCCN(CC(O)CCCCCCCCCC)CC(O)CCCCCCCCCC)NC1=O)CC(O)CCCCCCCCCC. The van der Waals surface area contributed by atoms with Crippen molar-refractivity contribution in [1.82, 2.24) is 20.4 Å². The molecule has 70 heavy (non-hydrogen) atoms. The van der Waals surface area contributed by atoms with Gasteiger partial charge in [-0.25, -0.2) is 0 Å². The third kappa shape index (κ3) is 40.1. The van der Waals surface area contributed by atoms with Crippen LogP contribution in [0.5, 0.6) is 0 Å². The smallest absolute Gasteiger partial charge is 0.243 e. The number of amides is 2. The van der Waals surface area contributed by atoms with E-state index in [1.165, 1.54) is 154 Å². The molecule has 0 spiro atoms. The van der Waals surface area contributed by atoms with Crippen molar-refractivity contribution < 1.29 is 30.0 Å². The number of nitrogens with one attached hydrogen (secondary N) is 2. The van der Waals surface area contributed by atoms with Crippen LogP contribution in [0.25, 0.3) is 0 Å². The standard InChI is InChI=1S/C60H120N4O6/c1-5-9-13-17-21-25-29-33-41-53(65)49-63(50-54(66)42-34-30-26-22-18-14-10-6-2)47-39-37-45-57-59(69)62-58(60(70)61-57)46-38-40-48-64(51-55(67)43-35-31-27-23-19-15-11-7-3)52-56(68)44-36-32-28-24-20-16-12-8-4/h53-58,65-68H,5-52H2,1-4H3,(H,61,70)(H,62,69)/t53?,54?,55?,56?,57-,58-/m1/s1. The van der Waals surface area contributed by atoms with E-state index >= 15 is 0 Å². The monoisotopic (exact) mass is 993 g/mol. The van der Waals surface area contributed by atoms with E-state index < -0.39 is 36.5 Å². The fraction of sp³-hybridized carbons (Fsp3) is 0.967. The van der Waals surface area contributed by atoms with E-state index in [1.807, 2.05) is 0 Å². The molecule has 6 N–H and O–H groups in total. The first-order chi connectivity index (χ1) is 34.1. The van der Waals surface area contributed by atoms with Gasteiger partial charge in [-0.05, 0) is 77.3 Å². The highest BCUT2D eigenvalue weighted by Gasteiger charge is 2.33. The Morgan fingerprint density at radius 3 is 0.771 bits per heavy atom. The van der Waals surface area contributed by atoms with Gasteiger partial charge in [0.1, 0.15) is 12.1 Å². The van der Waals surface area contributed by atoms with Gasteiger partial charge in [-0.2, -0.15) is 0 Å². The average Bonchev–Trinajstić information content (AvgIpc) is 3.33. The molecule has 0 aromatic carbocycles. The minimum absolute atomic E-state index is 0.113. The normalized spacial score (nSPS) is 17.1. The Morgan fingerprint density at radius 1 is 0.329 bits per heavy atom. The van der Waals surface area contributed by atoms with Crippen LogP contribution in [0.4, 0.5) is 0 Å². The van der Waals surface area contributed by atoms with Gasteiger partial charge in [0.05, 0.1) is 24.4 Å². The molecule has 1 heterocycles. The van der Waals surface area contributed by atoms with Crippen LogP contribution in [0.1, 0.15) is 297 Å². The predicted octanol–water partition coefficient (Wildman–Crippen LogP) is 13.5. The summed E-state index contributed by atoms with van der Waals surface area (Å²) in [6.07, 6.45) is 45.6. The van der Waals surface area contributed by atoms with Crippen molar-refractivity contribution >= 4 is 11.8 Å². The molecular formula is C60H120N4O6. The zero-order chi connectivity index (χ0) is 51.1. The highest BCUT2D eigenvalue weighted by Crippen LogP contribution is 2.18. The van der Waals surface area contributed by atoms with Crippen LogP contribution in [0, 0.1) is 0 Å². The van der Waals surface area contributed by atoms with E-state index in [9.17, 15) is 30.0 Å². The molecule has 10 heteroatoms. The maximum Gasteiger partial charge on any atom is 0.243 e. The van der Waals surface area contributed by atoms with Crippen molar-refractivity contribution in [3.63, 3.8) is 0 Å². The Balaban J connectivity index is 2.60. The molecule has 4 unspecified atom stereocenters. The van der Waals surface area contributed by atoms with Crippen LogP contribution < -0.4 is 10.6 Å². The largest absolute Gasteiger partial charge is 0.392 e. The summed E-state index contributed by atoms with van der Waals surface area (Å²) in [5, 5.41) is 50.3. The van der Waals surface area contributed by atoms with E-state index in [0.717, 1.165) is 116 Å². The van der Waals surface area contributed by atoms with Gasteiger partial charge in [0.2, 0.25) is 11.8 Å². The molecule has 0 aromatic heterocycles. The van der Waals surface area contributed by atoms with Gasteiger partial charge in [-0.15, -0.1) is 0 Å². The van der Waals surface area contributed by atoms with Gasteiger partial charge in [0.15, 0.2) is 0 Å². The second-order valence-electron chi connectivity index (χ2n) is 22.3. The molecule has 0 bridgehead atoms. The first-order valence-corrected chi connectivity index (χ1v) is 30.9. The molecule has 416 valence electrons. The lowest BCUT2D eigenvalue weighted by atomic mass is 10.0. The number of carbonyl (C=O) groups is 2. The third-order valence-electron chi connectivity index (χ3n) is 15.1. The molecule has 0 aromatic rings. The van der Waals surface area contributed by atoms with Crippen molar-refractivity contribution in [3.05, 3.63) is 0 Å². The molecular weight excluding hydrogens is 873 g/mol. The van der Waals surface area contributed by atoms with Crippen LogP contribution in [0.2, 0.25) is 0 Å². The van der Waals surface area contributed by atoms with Crippen LogP contribution >= 0.6 is 0 Å². The number of aliphatic hydroxyl groups excluding tert-OH is 4. The van der Waals surface area contributed by atoms with Crippen LogP contribution in [0.15, 0.2) is 0 Å². The van der Waals surface area contributed by atoms with Gasteiger partial charge < -0.3 is 31.1 Å². The molecule has 0 radical (unpaired) electrons. The molecule has 1 rings (SSSR count). The second-order valence-corrected chi connectivity index (χ2v) is 22.3. The molecule has 1 saturated heterocycles. The van der Waals surface area contributed by atoms with Crippen molar-refractivity contribution in [3.8, 4) is 0 Å². The lowest BCUT2D eigenvalue weighted by molar-refractivity contribution is -0.137. The van der Waals surface area contributed by atoms with Gasteiger partial charge in [-0.3, -0.25) is 19.4 Å². The minimum Gasteiger partial charge on any atom is -0.392 e. The summed E-state index contributed by atoms with van der Waals surface area (Å²) in [6.45, 7) is 12.7. The summed E-state index contributed by atoms with van der Waals surface area (Å²) in [4.78, 5) is 31.0. The Morgan fingerprint density at radius 2 is 0.543 bits per heavy atom. The summed E-state index contributed by atoms with van der Waals surface area (Å²) in [5.74, 6) is -0.226. The van der Waals surface area contributed by atoms with E-state index in [0.29, 0.717) is 39.0 Å². The molecule has 0 saturated carbocycles. The number of piperazine rings is 1. The first kappa shape index (κ1) is 66.7. The second kappa shape index (κ2) is 48.6. The predicted molar refractivity (Wildman–Crippen MR) is 297 cm³/mol. The van der Waals surface area contributed by atoms with Crippen LogP contribution in [0.3, 0.4) is 0 Å². The maximum atomic E-state index is 13.3. The van der Waals surface area contributed by atoms with Crippen molar-refractivity contribution in [2.24, 2.45) is 0 Å². The molecule has 1 aliphatic rings. The number of hydrogen-bond acceptors (Lipinski definition) is 8. The van der Waals surface area contributed by atoms with Gasteiger partial charge in [-0.1, -0.05) is 233 Å². The fourth-order valence-corrected chi connectivity index (χ4v) is 10.6. The highest BCUT2D eigenvalue weighted by molar-refractivity contribution is 5.96. The highest BCUT2D eigenvalue weighted by atomic mass is 16.3. The van der Waals surface area contributed by atoms with Crippen LogP contribution in [-0.2, 0) is 9.59 Å². The van der Waals surface area contributed by atoms with Gasteiger partial charge >= 0.3 is 0 Å². The number of rotatable bonds is 54. The van der Waals surface area contributed by atoms with E-state index in [1.54, 1.807) is 0 Å². The molecule has 2 amide bonds. The fourth-order valence-electron chi connectivity index (χ4n) is 10.6. The zero-order valence-electron chi connectivity index (χ0n) is 46.9. The van der Waals surface area contributed by atoms with E-state index in [-0.39, 0.29) is 11.8 Å². The molecule has 0 aliphatic carbocycles. The van der Waals surface area contributed by atoms with E-state index in [4.69, 9.17) is 0 Å². The first-order valence-electron chi connectivity index (χ1n) is 30.9. The number of aliphatic hydroxyl groups is 4. The number of carbonyl (C=O) groups excluding carboxylic acids is 2. The number of hydrogen-bond donors (Lipinski definition) is 6. The lowest BCUT2D eigenvalue weighted by Gasteiger charge is -2.31. The summed E-state index contributed by atoms with van der Waals surface area (Å²) in [5.41, 5.74) is 0. The summed E-state index contributed by atoms with van der Waals surface area (Å²) < 4.78 is 0. The van der Waals surface area contributed by atoms with Crippen molar-refractivity contribution in [2.45, 2.75) is 334 Å². The molecule has 1 fully saturated rings. The zero-order valence-corrected chi connectivity index (χ0v) is 46.9. The lowest BCUT2D eigenvalue weighted by Crippen LogP contribution is -2.61. The van der Waals surface area contributed by atoms with Gasteiger partial charge in [0, 0.05) is 26.2 Å².